The van der Waals surface area contributed by atoms with E-state index in [-0.39, 0.29) is 12.4 Å². The molecule has 0 fully saturated rings. The third-order valence-electron chi connectivity index (χ3n) is 2.65. The maximum atomic E-state index is 8.92. The van der Waals surface area contributed by atoms with E-state index < -0.39 is 0 Å². The zero-order chi connectivity index (χ0) is 12.5. The van der Waals surface area contributed by atoms with E-state index in [0.29, 0.717) is 0 Å². The van der Waals surface area contributed by atoms with Gasteiger partial charge in [-0.25, -0.2) is 0 Å². The normalized spacial score (nSPS) is 10.2. The number of hydrogen-bond donors (Lipinski definition) is 1. The van der Waals surface area contributed by atoms with Gasteiger partial charge in [0, 0.05) is 0 Å². The van der Waals surface area contributed by atoms with Crippen LogP contribution in [0, 0.1) is 0 Å². The van der Waals surface area contributed by atoms with Crippen molar-refractivity contribution in [3.05, 3.63) is 42.2 Å². The predicted molar refractivity (Wildman–Crippen MR) is 71.6 cm³/mol. The van der Waals surface area contributed by atoms with Gasteiger partial charge in [-0.1, -0.05) is 44.9 Å². The van der Waals surface area contributed by atoms with Crippen LogP contribution in [0.25, 0.3) is 0 Å². The lowest BCUT2D eigenvalue weighted by Gasteiger charge is -2.06. The second-order valence-corrected chi connectivity index (χ2v) is 4.31. The van der Waals surface area contributed by atoms with Gasteiger partial charge >= 0.3 is 0 Å². The summed E-state index contributed by atoms with van der Waals surface area (Å²) in [5.41, 5.74) is 1.34. The van der Waals surface area contributed by atoms with Crippen LogP contribution in [0.5, 0.6) is 5.75 Å². The molecule has 0 saturated heterocycles. The Balaban J connectivity index is 2.31. The minimum atomic E-state index is 0.0497. The van der Waals surface area contributed by atoms with Crippen molar-refractivity contribution in [2.45, 2.75) is 39.0 Å². The molecule has 94 valence electrons. The summed E-state index contributed by atoms with van der Waals surface area (Å²) in [6.45, 7) is 5.76. The lowest BCUT2D eigenvalue weighted by molar-refractivity contribution is 0.272. The molecular weight excluding hydrogens is 212 g/mol. The van der Waals surface area contributed by atoms with Crippen molar-refractivity contribution in [1.29, 1.82) is 0 Å². The number of aryl methyl sites for hydroxylation is 1. The van der Waals surface area contributed by atoms with E-state index >= 15 is 0 Å². The average Bonchev–Trinajstić information content (AvgIpc) is 2.33. The minimum absolute atomic E-state index is 0.0497. The molecule has 0 bridgehead atoms. The molecule has 0 radical (unpaired) electrons. The van der Waals surface area contributed by atoms with Crippen molar-refractivity contribution in [3.63, 3.8) is 0 Å². The number of aliphatic hydroxyl groups excluding tert-OH is 1. The molecule has 0 spiro atoms. The van der Waals surface area contributed by atoms with Crippen molar-refractivity contribution < 1.29 is 9.84 Å². The Morgan fingerprint density at radius 2 is 1.88 bits per heavy atom. The van der Waals surface area contributed by atoms with Gasteiger partial charge in [0.05, 0.1) is 0 Å². The van der Waals surface area contributed by atoms with E-state index in [1.807, 2.05) is 12.1 Å². The fourth-order valence-electron chi connectivity index (χ4n) is 1.67. The van der Waals surface area contributed by atoms with Gasteiger partial charge in [-0.15, -0.1) is 0 Å². The second-order valence-electron chi connectivity index (χ2n) is 4.31. The lowest BCUT2D eigenvalue weighted by Crippen LogP contribution is -1.99. The molecular formula is C15H22O2. The topological polar surface area (TPSA) is 29.5 Å². The Kier molecular flexibility index (Phi) is 6.23. The first-order chi connectivity index (χ1) is 8.22. The zero-order valence-electron chi connectivity index (χ0n) is 10.6. The third-order valence-corrected chi connectivity index (χ3v) is 2.65. The highest BCUT2D eigenvalue weighted by molar-refractivity contribution is 5.27. The summed E-state index contributed by atoms with van der Waals surface area (Å²) in [4.78, 5) is 0. The van der Waals surface area contributed by atoms with E-state index in [1.165, 1.54) is 31.2 Å². The number of benzene rings is 1. The van der Waals surface area contributed by atoms with Crippen molar-refractivity contribution in [2.24, 2.45) is 0 Å². The number of aliphatic hydroxyl groups is 1. The predicted octanol–water partition coefficient (Wildman–Crippen LogP) is 4.26. The lowest BCUT2D eigenvalue weighted by atomic mass is 10.1. The van der Waals surface area contributed by atoms with Crippen LogP contribution in [0.2, 0.25) is 0 Å². The van der Waals surface area contributed by atoms with Crippen LogP contribution >= 0.6 is 0 Å². The standard InChI is InChI=1S/C15H22O2/c1-3-4-5-6-7-14-8-10-15(11-9-14)17-12-13(2)16/h8-11,16H,2-7,12H2,1H3. The molecule has 0 aliphatic carbocycles. The molecule has 0 aromatic heterocycles. The molecule has 2 nitrogen and oxygen atoms in total. The molecule has 0 aliphatic heterocycles. The number of ether oxygens (including phenoxy) is 1. The van der Waals surface area contributed by atoms with E-state index in [4.69, 9.17) is 9.84 Å². The molecule has 0 heterocycles. The Bertz CT molecular complexity index is 327. The Morgan fingerprint density at radius 1 is 1.18 bits per heavy atom. The van der Waals surface area contributed by atoms with E-state index in [0.717, 1.165) is 12.2 Å². The molecule has 0 saturated carbocycles. The first-order valence-corrected chi connectivity index (χ1v) is 6.31. The van der Waals surface area contributed by atoms with Gasteiger partial charge in [0.1, 0.15) is 18.1 Å². The Hall–Kier alpha value is -1.44. The molecule has 0 atom stereocenters. The quantitative estimate of drug-likeness (QED) is 0.538. The van der Waals surface area contributed by atoms with Crippen molar-refractivity contribution in [3.8, 4) is 5.75 Å². The molecule has 1 aromatic rings. The van der Waals surface area contributed by atoms with Gasteiger partial charge in [0.15, 0.2) is 0 Å². The first-order valence-electron chi connectivity index (χ1n) is 6.31. The number of rotatable bonds is 8. The van der Waals surface area contributed by atoms with Crippen molar-refractivity contribution >= 4 is 0 Å². The fourth-order valence-corrected chi connectivity index (χ4v) is 1.67. The van der Waals surface area contributed by atoms with Gasteiger partial charge in [-0.2, -0.15) is 0 Å². The number of hydrogen-bond acceptors (Lipinski definition) is 2. The Labute approximate surface area is 104 Å². The van der Waals surface area contributed by atoms with Crippen LogP contribution in [-0.4, -0.2) is 11.7 Å². The summed E-state index contributed by atoms with van der Waals surface area (Å²) in [5, 5.41) is 8.92. The first kappa shape index (κ1) is 13.6. The van der Waals surface area contributed by atoms with Gasteiger partial charge in [0.25, 0.3) is 0 Å². The van der Waals surface area contributed by atoms with E-state index in [9.17, 15) is 0 Å². The molecule has 1 rings (SSSR count). The summed E-state index contributed by atoms with van der Waals surface area (Å²) in [6, 6.07) is 8.05. The number of unbranched alkanes of at least 4 members (excludes halogenated alkanes) is 3. The second kappa shape index (κ2) is 7.77. The van der Waals surface area contributed by atoms with Crippen LogP contribution in [0.4, 0.5) is 0 Å². The molecule has 0 unspecified atom stereocenters. The minimum Gasteiger partial charge on any atom is -0.509 e. The van der Waals surface area contributed by atoms with Gasteiger partial charge in [0.2, 0.25) is 0 Å². The SMILES string of the molecule is C=C(O)COc1ccc(CCCCCC)cc1. The fraction of sp³-hybridized carbons (Fsp3) is 0.467. The molecule has 2 heteroatoms. The van der Waals surface area contributed by atoms with Crippen LogP contribution < -0.4 is 4.74 Å². The monoisotopic (exact) mass is 234 g/mol. The Morgan fingerprint density at radius 3 is 2.47 bits per heavy atom. The summed E-state index contributed by atoms with van der Waals surface area (Å²) in [7, 11) is 0. The smallest absolute Gasteiger partial charge is 0.144 e. The van der Waals surface area contributed by atoms with Gasteiger partial charge in [-0.3, -0.25) is 0 Å². The van der Waals surface area contributed by atoms with Crippen molar-refractivity contribution in [2.75, 3.05) is 6.61 Å². The van der Waals surface area contributed by atoms with Crippen LogP contribution in [0.1, 0.15) is 38.2 Å². The summed E-state index contributed by atoms with van der Waals surface area (Å²) in [5.74, 6) is 0.825. The highest BCUT2D eigenvalue weighted by atomic mass is 16.5. The molecule has 1 N–H and O–H groups in total. The van der Waals surface area contributed by atoms with Gasteiger partial charge < -0.3 is 9.84 Å². The van der Waals surface area contributed by atoms with E-state index in [2.05, 4.69) is 25.6 Å². The zero-order valence-corrected chi connectivity index (χ0v) is 10.6. The third kappa shape index (κ3) is 6.00. The van der Waals surface area contributed by atoms with Crippen molar-refractivity contribution in [1.82, 2.24) is 0 Å². The van der Waals surface area contributed by atoms with Crippen LogP contribution in [0.15, 0.2) is 36.6 Å². The summed E-state index contributed by atoms with van der Waals surface area (Å²) < 4.78 is 5.32. The maximum Gasteiger partial charge on any atom is 0.144 e. The molecule has 17 heavy (non-hydrogen) atoms. The van der Waals surface area contributed by atoms with Crippen LogP contribution in [0.3, 0.4) is 0 Å². The molecule has 1 aromatic carbocycles. The largest absolute Gasteiger partial charge is 0.509 e. The van der Waals surface area contributed by atoms with E-state index in [1.54, 1.807) is 0 Å². The van der Waals surface area contributed by atoms with Crippen LogP contribution in [-0.2, 0) is 6.42 Å². The summed E-state index contributed by atoms with van der Waals surface area (Å²) >= 11 is 0. The highest BCUT2D eigenvalue weighted by Crippen LogP contribution is 2.14. The average molecular weight is 234 g/mol. The molecule has 0 amide bonds. The maximum absolute atomic E-state index is 8.92. The molecule has 0 aliphatic rings. The summed E-state index contributed by atoms with van der Waals surface area (Å²) in [6.07, 6.45) is 6.28. The highest BCUT2D eigenvalue weighted by Gasteiger charge is 1.97. The van der Waals surface area contributed by atoms with Gasteiger partial charge in [-0.05, 0) is 30.5 Å².